The Labute approximate surface area is 252 Å². The van der Waals surface area contributed by atoms with Crippen LogP contribution in [0.5, 0.6) is 17.2 Å². The van der Waals surface area contributed by atoms with E-state index in [9.17, 15) is 14.7 Å². The molecule has 0 aliphatic carbocycles. The summed E-state index contributed by atoms with van der Waals surface area (Å²) in [4.78, 5) is 28.1. The van der Waals surface area contributed by atoms with Gasteiger partial charge < -0.3 is 29.1 Å². The lowest BCUT2D eigenvalue weighted by molar-refractivity contribution is -0.890. The molecule has 3 rings (SSSR count). The summed E-state index contributed by atoms with van der Waals surface area (Å²) < 4.78 is 17.8. The number of hydrogen-bond donors (Lipinski definition) is 2. The summed E-state index contributed by atoms with van der Waals surface area (Å²) in [5.41, 5.74) is 1.76. The molecule has 42 heavy (non-hydrogen) atoms. The number of quaternary nitrogens is 1. The largest absolute Gasteiger partial charge is 0.493 e. The van der Waals surface area contributed by atoms with Crippen LogP contribution < -0.4 is 19.5 Å². The highest BCUT2D eigenvalue weighted by Crippen LogP contribution is 2.48. The van der Waals surface area contributed by atoms with E-state index >= 15 is 0 Å². The normalized spacial score (nSPS) is 20.4. The molecular weight excluding hydrogens is 534 g/mol. The first-order valence-electron chi connectivity index (χ1n) is 15.5. The number of nitrogens with one attached hydrogen (secondary N) is 1. The molecule has 0 saturated carbocycles. The number of likely N-dealkylation sites (tertiary alicyclic amines) is 1. The van der Waals surface area contributed by atoms with Gasteiger partial charge in [-0.2, -0.15) is 0 Å². The molecule has 1 amide bonds. The maximum Gasteiger partial charge on any atom is 0.308 e. The fourth-order valence-electron chi connectivity index (χ4n) is 6.66. The molecule has 236 valence electrons. The van der Waals surface area contributed by atoms with Crippen LogP contribution in [-0.4, -0.2) is 93.1 Å². The zero-order chi connectivity index (χ0) is 31.1. The average Bonchev–Trinajstić information content (AvgIpc) is 3.50. The molecular formula is C33H54N3O6+. The van der Waals surface area contributed by atoms with Gasteiger partial charge >= 0.3 is 5.97 Å². The van der Waals surface area contributed by atoms with Crippen LogP contribution in [0.3, 0.4) is 0 Å². The zero-order valence-corrected chi connectivity index (χ0v) is 27.1. The first-order valence-corrected chi connectivity index (χ1v) is 15.5. The number of carboxylic acid groups (broad SMARTS) is 1. The average molecular weight is 589 g/mol. The number of nitrogens with zero attached hydrogens (tertiary/aromatic N) is 2. The summed E-state index contributed by atoms with van der Waals surface area (Å²) in [5, 5.41) is 13.7. The second kappa shape index (κ2) is 14.6. The molecule has 2 heterocycles. The van der Waals surface area contributed by atoms with E-state index in [0.29, 0.717) is 36.8 Å². The van der Waals surface area contributed by atoms with Crippen molar-refractivity contribution in [3.63, 3.8) is 0 Å². The highest BCUT2D eigenvalue weighted by molar-refractivity contribution is 5.79. The summed E-state index contributed by atoms with van der Waals surface area (Å²) in [6.07, 6.45) is 7.21. The van der Waals surface area contributed by atoms with Crippen molar-refractivity contribution in [3.8, 4) is 17.2 Å². The van der Waals surface area contributed by atoms with Crippen molar-refractivity contribution >= 4 is 11.9 Å². The van der Waals surface area contributed by atoms with E-state index in [2.05, 4.69) is 65.0 Å². The Morgan fingerprint density at radius 2 is 1.88 bits per heavy atom. The monoisotopic (exact) mass is 588 g/mol. The molecule has 2 N–H and O–H groups in total. The van der Waals surface area contributed by atoms with Gasteiger partial charge in [-0.25, -0.2) is 0 Å². The fourth-order valence-corrected chi connectivity index (χ4v) is 6.66. The molecule has 0 radical (unpaired) electrons. The number of allylic oxidation sites excluding steroid dienone is 2. The van der Waals surface area contributed by atoms with Crippen LogP contribution in [0, 0.1) is 11.3 Å². The number of methoxy groups -OCH3 is 1. The number of unbranched alkanes of at least 4 members (excludes halogenated alkanes) is 2. The third-order valence-corrected chi connectivity index (χ3v) is 8.53. The number of fused-ring (bicyclic) bond motifs is 1. The van der Waals surface area contributed by atoms with Crippen molar-refractivity contribution in [1.29, 1.82) is 0 Å². The molecule has 9 heteroatoms. The van der Waals surface area contributed by atoms with Gasteiger partial charge in [-0.15, -0.1) is 0 Å². The molecule has 0 bridgehead atoms. The van der Waals surface area contributed by atoms with Crippen LogP contribution in [0.1, 0.15) is 78.2 Å². The van der Waals surface area contributed by atoms with Crippen LogP contribution in [0.15, 0.2) is 23.8 Å². The lowest BCUT2D eigenvalue weighted by atomic mass is 9.77. The minimum absolute atomic E-state index is 0.0622. The molecule has 0 unspecified atom stereocenters. The van der Waals surface area contributed by atoms with Crippen molar-refractivity contribution in [1.82, 2.24) is 10.2 Å². The Balaban J connectivity index is 1.77. The van der Waals surface area contributed by atoms with Crippen molar-refractivity contribution in [2.45, 2.75) is 78.7 Å². The predicted molar refractivity (Wildman–Crippen MR) is 165 cm³/mol. The van der Waals surface area contributed by atoms with Gasteiger partial charge in [-0.1, -0.05) is 38.8 Å². The Morgan fingerprint density at radius 3 is 2.52 bits per heavy atom. The fraction of sp³-hybridized carbons (Fsp3) is 0.697. The topological polar surface area (TPSA) is 97.3 Å². The quantitative estimate of drug-likeness (QED) is 0.159. The van der Waals surface area contributed by atoms with Crippen molar-refractivity contribution < 1.29 is 33.4 Å². The van der Waals surface area contributed by atoms with Crippen LogP contribution in [0.25, 0.3) is 0 Å². The number of carbonyl (C=O) groups is 2. The molecule has 2 aliphatic rings. The van der Waals surface area contributed by atoms with Gasteiger partial charge in [0.05, 0.1) is 46.8 Å². The van der Waals surface area contributed by atoms with Gasteiger partial charge in [0.25, 0.3) is 0 Å². The number of aliphatic carboxylic acids is 1. The number of benzene rings is 1. The third-order valence-electron chi connectivity index (χ3n) is 8.53. The van der Waals surface area contributed by atoms with E-state index < -0.39 is 11.9 Å². The Hall–Kier alpha value is -2.78. The van der Waals surface area contributed by atoms with Gasteiger partial charge in [-0.05, 0) is 62.6 Å². The molecule has 2 aliphatic heterocycles. The van der Waals surface area contributed by atoms with Gasteiger partial charge in [0, 0.05) is 25.0 Å². The first-order chi connectivity index (χ1) is 19.8. The van der Waals surface area contributed by atoms with Gasteiger partial charge in [0.2, 0.25) is 18.4 Å². The van der Waals surface area contributed by atoms with E-state index in [1.54, 1.807) is 7.11 Å². The standard InChI is InChI=1S/C33H53N3O6/c1-9-10-14-36(6,7)15-12-11-13-34-29(37)21-35-20-25(24-16-27(40-8)31-28(17-24)41-22-42-31)30(32(38)39)26(35)19-33(4,5)18-23(2)3/h16-18,25-26,30H,9-15,19-22H2,1-8H3,(H-,34,37,38,39)/p+1/t25-,26-,30+/m1/s1. The van der Waals surface area contributed by atoms with E-state index in [1.807, 2.05) is 12.1 Å². The number of carboxylic acids is 1. The van der Waals surface area contributed by atoms with Gasteiger partial charge in [0.15, 0.2) is 11.5 Å². The Kier molecular flexibility index (Phi) is 11.7. The summed E-state index contributed by atoms with van der Waals surface area (Å²) >= 11 is 0. The highest BCUT2D eigenvalue weighted by Gasteiger charge is 2.48. The molecule has 1 saturated heterocycles. The van der Waals surface area contributed by atoms with Crippen molar-refractivity contribution in [3.05, 3.63) is 29.3 Å². The summed E-state index contributed by atoms with van der Waals surface area (Å²) in [6.45, 7) is 14.2. The second-order valence-corrected chi connectivity index (χ2v) is 13.6. The Morgan fingerprint density at radius 1 is 1.17 bits per heavy atom. The molecule has 9 nitrogen and oxygen atoms in total. The molecule has 0 spiro atoms. The van der Waals surface area contributed by atoms with E-state index in [-0.39, 0.29) is 36.6 Å². The van der Waals surface area contributed by atoms with Crippen LogP contribution in [-0.2, 0) is 9.59 Å². The minimum atomic E-state index is -0.860. The lowest BCUT2D eigenvalue weighted by Crippen LogP contribution is -2.44. The van der Waals surface area contributed by atoms with E-state index in [4.69, 9.17) is 14.2 Å². The second-order valence-electron chi connectivity index (χ2n) is 13.6. The molecule has 3 atom stereocenters. The van der Waals surface area contributed by atoms with Gasteiger partial charge in [-0.3, -0.25) is 14.5 Å². The molecule has 0 aromatic heterocycles. The van der Waals surface area contributed by atoms with E-state index in [1.165, 1.54) is 25.0 Å². The summed E-state index contributed by atoms with van der Waals surface area (Å²) in [5.74, 6) is -0.337. The lowest BCUT2D eigenvalue weighted by Gasteiger charge is -2.33. The molecule has 1 aromatic carbocycles. The third kappa shape index (κ3) is 9.11. The van der Waals surface area contributed by atoms with Crippen molar-refractivity contribution in [2.24, 2.45) is 11.3 Å². The number of carbonyl (C=O) groups excluding carboxylic acids is 1. The Bertz CT molecular complexity index is 1110. The van der Waals surface area contributed by atoms with Crippen molar-refractivity contribution in [2.75, 3.05) is 60.7 Å². The SMILES string of the molecule is CCCC[N+](C)(C)CCCCNC(=O)CN1C[C@H](c2cc(OC)c3c(c2)OCO3)[C@H](C(=O)O)[C@H]1CC(C)(C)C=C(C)C. The summed E-state index contributed by atoms with van der Waals surface area (Å²) in [6, 6.07) is 3.40. The molecule has 1 aromatic rings. The minimum Gasteiger partial charge on any atom is -0.493 e. The van der Waals surface area contributed by atoms with Gasteiger partial charge in [0.1, 0.15) is 0 Å². The highest BCUT2D eigenvalue weighted by atomic mass is 16.7. The van der Waals surface area contributed by atoms with Crippen LogP contribution in [0.4, 0.5) is 0 Å². The number of rotatable bonds is 16. The maximum absolute atomic E-state index is 13.2. The molecule has 1 fully saturated rings. The first kappa shape index (κ1) is 33.7. The summed E-state index contributed by atoms with van der Waals surface area (Å²) in [7, 11) is 6.10. The van der Waals surface area contributed by atoms with Crippen LogP contribution >= 0.6 is 0 Å². The smallest absolute Gasteiger partial charge is 0.308 e. The predicted octanol–water partition coefficient (Wildman–Crippen LogP) is 5.05. The maximum atomic E-state index is 13.2. The number of amides is 1. The van der Waals surface area contributed by atoms with E-state index in [0.717, 1.165) is 29.4 Å². The number of ether oxygens (including phenoxy) is 3. The number of hydrogen-bond acceptors (Lipinski definition) is 6. The zero-order valence-electron chi connectivity index (χ0n) is 27.1. The van der Waals surface area contributed by atoms with Crippen LogP contribution in [0.2, 0.25) is 0 Å².